The third-order valence-corrected chi connectivity index (χ3v) is 5.34. The number of amides is 2. The molecule has 8 heteroatoms. The fourth-order valence-corrected chi connectivity index (χ4v) is 3.88. The van der Waals surface area contributed by atoms with Gasteiger partial charge in [0.25, 0.3) is 5.91 Å². The molecule has 0 radical (unpaired) electrons. The average molecular weight is 347 g/mol. The lowest BCUT2D eigenvalue weighted by Gasteiger charge is -2.35. The molecular weight excluding hydrogens is 326 g/mol. The van der Waals surface area contributed by atoms with Crippen LogP contribution in [0.5, 0.6) is 0 Å². The molecule has 0 aliphatic carbocycles. The van der Waals surface area contributed by atoms with Gasteiger partial charge in [-0.15, -0.1) is 11.3 Å². The molecule has 2 atom stereocenters. The van der Waals surface area contributed by atoms with E-state index in [9.17, 15) is 9.59 Å². The maximum Gasteiger partial charge on any atom is 0.251 e. The Kier molecular flexibility index (Phi) is 4.96. The molecule has 1 fully saturated rings. The Morgan fingerprint density at radius 1 is 1.50 bits per heavy atom. The molecule has 1 saturated heterocycles. The zero-order chi connectivity index (χ0) is 17.1. The van der Waals surface area contributed by atoms with Crippen molar-refractivity contribution in [3.8, 4) is 0 Å². The molecule has 0 bridgehead atoms. The van der Waals surface area contributed by atoms with E-state index in [-0.39, 0.29) is 11.9 Å². The fraction of sp³-hybridized carbons (Fsp3) is 0.438. The monoisotopic (exact) mass is 347 g/mol. The van der Waals surface area contributed by atoms with Crippen LogP contribution in [0, 0.1) is 0 Å². The molecular formula is C16H21N5O2S. The second kappa shape index (κ2) is 7.14. The first-order chi connectivity index (χ1) is 11.6. The third kappa shape index (κ3) is 3.49. The van der Waals surface area contributed by atoms with Gasteiger partial charge in [-0.05, 0) is 43.8 Å². The minimum atomic E-state index is -0.531. The maximum absolute atomic E-state index is 12.6. The van der Waals surface area contributed by atoms with Crippen LogP contribution in [0.3, 0.4) is 0 Å². The van der Waals surface area contributed by atoms with Crippen molar-refractivity contribution in [2.75, 3.05) is 18.4 Å². The number of primary amides is 1. The van der Waals surface area contributed by atoms with Crippen LogP contribution < -0.4 is 11.1 Å². The molecule has 2 unspecified atom stereocenters. The van der Waals surface area contributed by atoms with Crippen molar-refractivity contribution in [1.29, 1.82) is 0 Å². The van der Waals surface area contributed by atoms with Gasteiger partial charge in [0.05, 0.1) is 11.6 Å². The van der Waals surface area contributed by atoms with Crippen molar-refractivity contribution in [2.45, 2.75) is 31.7 Å². The predicted octanol–water partition coefficient (Wildman–Crippen LogP) is 1.78. The van der Waals surface area contributed by atoms with Gasteiger partial charge < -0.3 is 11.1 Å². The van der Waals surface area contributed by atoms with Gasteiger partial charge in [0.15, 0.2) is 0 Å². The van der Waals surface area contributed by atoms with Crippen LogP contribution in [-0.4, -0.2) is 46.0 Å². The predicted molar refractivity (Wildman–Crippen MR) is 93.1 cm³/mol. The largest absolute Gasteiger partial charge is 0.366 e. The average Bonchev–Trinajstić information content (AvgIpc) is 3.25. The van der Waals surface area contributed by atoms with Gasteiger partial charge in [0.1, 0.15) is 5.00 Å². The number of nitrogens with zero attached hydrogens (tertiary/aromatic N) is 2. The van der Waals surface area contributed by atoms with E-state index in [0.717, 1.165) is 31.6 Å². The van der Waals surface area contributed by atoms with Crippen LogP contribution in [0.4, 0.5) is 5.00 Å². The standard InChI is InChI=1S/C16H21N5O2S/c1-10(15(23)19-16-12(14(17)22)5-8-24-16)21-7-2-3-11(9-21)13-4-6-18-20-13/h4-6,8,10-11H,2-3,7,9H2,1H3,(H2,17,22)(H,18,20)(H,19,23). The number of carbonyl (C=O) groups excluding carboxylic acids is 2. The topological polar surface area (TPSA) is 104 Å². The van der Waals surface area contributed by atoms with E-state index in [1.165, 1.54) is 11.3 Å². The van der Waals surface area contributed by atoms with Gasteiger partial charge >= 0.3 is 0 Å². The van der Waals surface area contributed by atoms with Gasteiger partial charge in [0, 0.05) is 24.4 Å². The minimum absolute atomic E-state index is 0.120. The second-order valence-electron chi connectivity index (χ2n) is 6.04. The van der Waals surface area contributed by atoms with Crippen molar-refractivity contribution in [3.63, 3.8) is 0 Å². The molecule has 128 valence electrons. The van der Waals surface area contributed by atoms with E-state index < -0.39 is 5.91 Å². The van der Waals surface area contributed by atoms with Gasteiger partial charge in [-0.25, -0.2) is 0 Å². The Hall–Kier alpha value is -2.19. The first-order valence-corrected chi connectivity index (χ1v) is 8.85. The molecule has 3 rings (SSSR count). The highest BCUT2D eigenvalue weighted by Gasteiger charge is 2.29. The number of likely N-dealkylation sites (tertiary alicyclic amines) is 1. The molecule has 7 nitrogen and oxygen atoms in total. The van der Waals surface area contributed by atoms with Crippen LogP contribution in [0.2, 0.25) is 0 Å². The summed E-state index contributed by atoms with van der Waals surface area (Å²) in [5.41, 5.74) is 6.79. The van der Waals surface area contributed by atoms with Gasteiger partial charge in [-0.2, -0.15) is 5.10 Å². The molecule has 0 spiro atoms. The summed E-state index contributed by atoms with van der Waals surface area (Å²) in [6.45, 7) is 3.58. The summed E-state index contributed by atoms with van der Waals surface area (Å²) < 4.78 is 0. The zero-order valence-corrected chi connectivity index (χ0v) is 14.3. The molecule has 2 aromatic rings. The smallest absolute Gasteiger partial charge is 0.251 e. The summed E-state index contributed by atoms with van der Waals surface area (Å²) in [5.74, 6) is -0.291. The molecule has 0 aromatic carbocycles. The number of aromatic amines is 1. The first kappa shape index (κ1) is 16.7. The van der Waals surface area contributed by atoms with Gasteiger partial charge in [-0.1, -0.05) is 0 Å². The van der Waals surface area contributed by atoms with Crippen LogP contribution in [0.25, 0.3) is 0 Å². The van der Waals surface area contributed by atoms with Gasteiger partial charge in [0.2, 0.25) is 5.91 Å². The maximum atomic E-state index is 12.6. The number of rotatable bonds is 5. The molecule has 1 aliphatic heterocycles. The Morgan fingerprint density at radius 3 is 3.04 bits per heavy atom. The third-order valence-electron chi connectivity index (χ3n) is 4.51. The van der Waals surface area contributed by atoms with E-state index in [0.29, 0.717) is 16.5 Å². The van der Waals surface area contributed by atoms with Crippen molar-refractivity contribution in [3.05, 3.63) is 35.0 Å². The molecule has 1 aliphatic rings. The number of piperidine rings is 1. The lowest BCUT2D eigenvalue weighted by atomic mass is 9.94. The number of H-pyrrole nitrogens is 1. The van der Waals surface area contributed by atoms with E-state index in [1.807, 2.05) is 13.0 Å². The van der Waals surface area contributed by atoms with Crippen LogP contribution in [0.15, 0.2) is 23.7 Å². The lowest BCUT2D eigenvalue weighted by Crippen LogP contribution is -2.46. The van der Waals surface area contributed by atoms with Crippen LogP contribution in [0.1, 0.15) is 41.7 Å². The Bertz CT molecular complexity index is 712. The lowest BCUT2D eigenvalue weighted by molar-refractivity contribution is -0.121. The van der Waals surface area contributed by atoms with Crippen LogP contribution >= 0.6 is 11.3 Å². The summed E-state index contributed by atoms with van der Waals surface area (Å²) in [5, 5.41) is 12.1. The van der Waals surface area contributed by atoms with E-state index in [1.54, 1.807) is 17.6 Å². The van der Waals surface area contributed by atoms with Crippen LogP contribution in [-0.2, 0) is 4.79 Å². The number of aromatic nitrogens is 2. The second-order valence-corrected chi connectivity index (χ2v) is 6.96. The Balaban J connectivity index is 1.64. The molecule has 0 saturated carbocycles. The zero-order valence-electron chi connectivity index (χ0n) is 13.5. The molecule has 2 aromatic heterocycles. The normalized spacial score (nSPS) is 19.8. The first-order valence-electron chi connectivity index (χ1n) is 7.97. The highest BCUT2D eigenvalue weighted by molar-refractivity contribution is 7.14. The molecule has 3 heterocycles. The van der Waals surface area contributed by atoms with Crippen molar-refractivity contribution in [2.24, 2.45) is 5.73 Å². The number of hydrogen-bond donors (Lipinski definition) is 3. The Labute approximate surface area is 144 Å². The minimum Gasteiger partial charge on any atom is -0.366 e. The Morgan fingerprint density at radius 2 is 2.33 bits per heavy atom. The number of carbonyl (C=O) groups is 2. The molecule has 24 heavy (non-hydrogen) atoms. The number of hydrogen-bond acceptors (Lipinski definition) is 5. The number of nitrogens with two attached hydrogens (primary N) is 1. The molecule has 4 N–H and O–H groups in total. The SMILES string of the molecule is CC(C(=O)Nc1sccc1C(N)=O)N1CCCC(c2ccn[nH]2)C1. The highest BCUT2D eigenvalue weighted by atomic mass is 32.1. The number of anilines is 1. The quantitative estimate of drug-likeness (QED) is 0.767. The summed E-state index contributed by atoms with van der Waals surface area (Å²) in [4.78, 5) is 26.1. The molecule has 2 amide bonds. The summed E-state index contributed by atoms with van der Waals surface area (Å²) in [6, 6.07) is 3.34. The van der Waals surface area contributed by atoms with Crippen molar-refractivity contribution < 1.29 is 9.59 Å². The highest BCUT2D eigenvalue weighted by Crippen LogP contribution is 2.27. The summed E-state index contributed by atoms with van der Waals surface area (Å²) in [6.07, 6.45) is 3.88. The van der Waals surface area contributed by atoms with E-state index >= 15 is 0 Å². The van der Waals surface area contributed by atoms with Crippen molar-refractivity contribution >= 4 is 28.2 Å². The van der Waals surface area contributed by atoms with Crippen molar-refractivity contribution in [1.82, 2.24) is 15.1 Å². The summed E-state index contributed by atoms with van der Waals surface area (Å²) in [7, 11) is 0. The number of nitrogens with one attached hydrogen (secondary N) is 2. The fourth-order valence-electron chi connectivity index (χ4n) is 3.09. The number of thiophene rings is 1. The van der Waals surface area contributed by atoms with E-state index in [2.05, 4.69) is 20.4 Å². The van der Waals surface area contributed by atoms with Gasteiger partial charge in [-0.3, -0.25) is 19.6 Å². The van der Waals surface area contributed by atoms with E-state index in [4.69, 9.17) is 5.73 Å². The summed E-state index contributed by atoms with van der Waals surface area (Å²) >= 11 is 1.30.